The molecule has 130 valence electrons. The first-order chi connectivity index (χ1) is 11.3. The van der Waals surface area contributed by atoms with Crippen molar-refractivity contribution in [3.63, 3.8) is 0 Å². The number of carbonyl (C=O) groups excluding carboxylic acids is 1. The molecule has 2 N–H and O–H groups in total. The first-order valence-corrected chi connectivity index (χ1v) is 9.49. The third-order valence-electron chi connectivity index (χ3n) is 5.34. The molecule has 1 aliphatic heterocycles. The Kier molecular flexibility index (Phi) is 4.79. The summed E-state index contributed by atoms with van der Waals surface area (Å²) in [5.74, 6) is 0.834. The van der Waals surface area contributed by atoms with E-state index in [1.807, 2.05) is 55.2 Å². The monoisotopic (exact) mass is 440 g/mol. The van der Waals surface area contributed by atoms with Crippen LogP contribution >= 0.6 is 22.6 Å². The van der Waals surface area contributed by atoms with Gasteiger partial charge in [0, 0.05) is 25.7 Å². The molecule has 3 atom stereocenters. The van der Waals surface area contributed by atoms with Gasteiger partial charge in [-0.1, -0.05) is 59.0 Å². The second kappa shape index (κ2) is 6.42. The largest absolute Gasteiger partial charge is 0.374 e. The average Bonchev–Trinajstić information content (AvgIpc) is 3.00. The van der Waals surface area contributed by atoms with E-state index in [2.05, 4.69) is 34.5 Å². The van der Waals surface area contributed by atoms with Crippen LogP contribution in [0.1, 0.15) is 19.4 Å². The van der Waals surface area contributed by atoms with Crippen molar-refractivity contribution in [2.75, 3.05) is 19.6 Å². The van der Waals surface area contributed by atoms with Gasteiger partial charge >= 0.3 is 0 Å². The zero-order valence-corrected chi connectivity index (χ0v) is 16.4. The molecule has 0 spiro atoms. The van der Waals surface area contributed by atoms with Gasteiger partial charge in [-0.05, 0) is 31.2 Å². The molecule has 24 heavy (non-hydrogen) atoms. The summed E-state index contributed by atoms with van der Waals surface area (Å²) in [5, 5.41) is 14.9. The van der Waals surface area contributed by atoms with Crippen LogP contribution in [-0.2, 0) is 10.4 Å². The molecule has 3 unspecified atom stereocenters. The number of alkyl halides is 1. The lowest BCUT2D eigenvalue weighted by Crippen LogP contribution is -2.56. The molecule has 0 radical (unpaired) electrons. The lowest BCUT2D eigenvalue weighted by Gasteiger charge is -2.40. The van der Waals surface area contributed by atoms with Crippen LogP contribution in [0.4, 0.5) is 0 Å². The fourth-order valence-corrected chi connectivity index (χ4v) is 4.39. The maximum atomic E-state index is 13.2. The summed E-state index contributed by atoms with van der Waals surface area (Å²) in [6, 6.07) is 9.80. The smallest absolute Gasteiger partial charge is 0.260 e. The quantitative estimate of drug-likeness (QED) is 0.406. The molecule has 2 aliphatic rings. The van der Waals surface area contributed by atoms with Crippen molar-refractivity contribution >= 4 is 28.5 Å². The van der Waals surface area contributed by atoms with Gasteiger partial charge in [-0.2, -0.15) is 0 Å². The number of amides is 1. The van der Waals surface area contributed by atoms with Crippen molar-refractivity contribution in [3.8, 4) is 0 Å². The number of nitrogens with one attached hydrogen (secondary N) is 1. The van der Waals surface area contributed by atoms with E-state index in [4.69, 9.17) is 0 Å². The topological polar surface area (TPSA) is 52.6 Å². The Labute approximate surface area is 157 Å². The fourth-order valence-electron chi connectivity index (χ4n) is 3.84. The van der Waals surface area contributed by atoms with Gasteiger partial charge in [0.1, 0.15) is 0 Å². The lowest BCUT2D eigenvalue weighted by atomic mass is 9.82. The molecule has 1 aliphatic carbocycles. The minimum atomic E-state index is -1.52. The van der Waals surface area contributed by atoms with Gasteiger partial charge in [0.2, 0.25) is 0 Å². The predicted octanol–water partition coefficient (Wildman–Crippen LogP) is 2.32. The zero-order valence-electron chi connectivity index (χ0n) is 14.2. The third-order valence-corrected chi connectivity index (χ3v) is 6.12. The fraction of sp³-hybridized carbons (Fsp3) is 0.526. The van der Waals surface area contributed by atoms with E-state index in [-0.39, 0.29) is 5.91 Å². The van der Waals surface area contributed by atoms with Crippen LogP contribution in [0.25, 0.3) is 0 Å². The van der Waals surface area contributed by atoms with E-state index < -0.39 is 9.02 Å². The van der Waals surface area contributed by atoms with Gasteiger partial charge in [-0.15, -0.1) is 6.58 Å². The second-order valence-corrected chi connectivity index (χ2v) is 10.0. The number of hydrogen-bond donors (Lipinski definition) is 2. The van der Waals surface area contributed by atoms with Crippen LogP contribution in [0.2, 0.25) is 0 Å². The summed E-state index contributed by atoms with van der Waals surface area (Å²) in [6.07, 6.45) is 1.86. The van der Waals surface area contributed by atoms with E-state index in [0.29, 0.717) is 23.4 Å². The Hall–Kier alpha value is -0.920. The summed E-state index contributed by atoms with van der Waals surface area (Å²) in [4.78, 5) is 15.1. The Morgan fingerprint density at radius 3 is 2.46 bits per heavy atom. The van der Waals surface area contributed by atoms with Gasteiger partial charge in [-0.3, -0.25) is 4.79 Å². The number of aliphatic hydroxyl groups is 1. The molecular weight excluding hydrogens is 415 g/mol. The standard InChI is InChI=1S/C19H25IN2O2/c1-4-10-21-16-14-11-22(12-15(14)16)17(23)19(24,18(2,3)20)13-8-6-5-7-9-13/h4-9,14-16,21,24H,1,10-12H2,2-3H3. The zero-order chi connectivity index (χ0) is 17.5. The molecule has 1 saturated carbocycles. The van der Waals surface area contributed by atoms with E-state index in [1.165, 1.54) is 0 Å². The maximum Gasteiger partial charge on any atom is 0.260 e. The summed E-state index contributed by atoms with van der Waals surface area (Å²) in [7, 11) is 0. The van der Waals surface area contributed by atoms with E-state index in [9.17, 15) is 9.90 Å². The molecule has 1 heterocycles. The first-order valence-electron chi connectivity index (χ1n) is 8.41. The Balaban J connectivity index is 1.77. The second-order valence-electron chi connectivity index (χ2n) is 7.31. The number of hydrogen-bond acceptors (Lipinski definition) is 3. The van der Waals surface area contributed by atoms with Crippen molar-refractivity contribution in [2.45, 2.75) is 28.9 Å². The highest BCUT2D eigenvalue weighted by Gasteiger charge is 2.60. The van der Waals surface area contributed by atoms with Crippen molar-refractivity contribution < 1.29 is 9.90 Å². The summed E-state index contributed by atoms with van der Waals surface area (Å²) >= 11 is 2.18. The number of carbonyl (C=O) groups is 1. The molecule has 0 aromatic heterocycles. The van der Waals surface area contributed by atoms with Crippen LogP contribution in [0.15, 0.2) is 43.0 Å². The number of likely N-dealkylation sites (tertiary alicyclic amines) is 1. The van der Waals surface area contributed by atoms with Crippen molar-refractivity contribution in [3.05, 3.63) is 48.6 Å². The number of fused-ring (bicyclic) bond motifs is 1. The van der Waals surface area contributed by atoms with Crippen LogP contribution in [-0.4, -0.2) is 45.0 Å². The minimum absolute atomic E-state index is 0.178. The number of rotatable bonds is 6. The van der Waals surface area contributed by atoms with Crippen LogP contribution < -0.4 is 5.32 Å². The van der Waals surface area contributed by atoms with Crippen molar-refractivity contribution in [2.24, 2.45) is 11.8 Å². The molecule has 1 aromatic rings. The highest BCUT2D eigenvalue weighted by molar-refractivity contribution is 14.1. The average molecular weight is 440 g/mol. The van der Waals surface area contributed by atoms with Crippen LogP contribution in [0, 0.1) is 11.8 Å². The highest BCUT2D eigenvalue weighted by Crippen LogP contribution is 2.48. The Bertz CT molecular complexity index is 616. The normalized spacial score (nSPS) is 28.2. The number of piperidine rings is 1. The van der Waals surface area contributed by atoms with Gasteiger partial charge in [-0.25, -0.2) is 0 Å². The van der Waals surface area contributed by atoms with E-state index in [0.717, 1.165) is 19.6 Å². The maximum absolute atomic E-state index is 13.2. The van der Waals surface area contributed by atoms with Crippen LogP contribution in [0.5, 0.6) is 0 Å². The third kappa shape index (κ3) is 2.91. The van der Waals surface area contributed by atoms with Gasteiger partial charge in [0.15, 0.2) is 5.60 Å². The number of nitrogens with zero attached hydrogens (tertiary/aromatic N) is 1. The van der Waals surface area contributed by atoms with E-state index >= 15 is 0 Å². The summed E-state index contributed by atoms with van der Waals surface area (Å²) in [5.41, 5.74) is -0.855. The van der Waals surface area contributed by atoms with Gasteiger partial charge in [0.05, 0.1) is 3.42 Å². The SMILES string of the molecule is C=CCNC1C2CN(C(=O)C(O)(c3ccccc3)C(C)(C)I)CC21. The number of benzene rings is 1. The molecule has 0 bridgehead atoms. The molecule has 1 amide bonds. The van der Waals surface area contributed by atoms with Crippen molar-refractivity contribution in [1.82, 2.24) is 10.2 Å². The van der Waals surface area contributed by atoms with Gasteiger partial charge < -0.3 is 15.3 Å². The minimum Gasteiger partial charge on any atom is -0.374 e. The lowest BCUT2D eigenvalue weighted by molar-refractivity contribution is -0.154. The highest BCUT2D eigenvalue weighted by atomic mass is 127. The molecule has 1 aromatic carbocycles. The molecule has 5 heteroatoms. The van der Waals surface area contributed by atoms with Crippen molar-refractivity contribution in [1.29, 1.82) is 0 Å². The van der Waals surface area contributed by atoms with Crippen LogP contribution in [0.3, 0.4) is 0 Å². The first kappa shape index (κ1) is 17.9. The Morgan fingerprint density at radius 1 is 1.38 bits per heavy atom. The van der Waals surface area contributed by atoms with E-state index in [1.54, 1.807) is 0 Å². The predicted molar refractivity (Wildman–Crippen MR) is 104 cm³/mol. The molecule has 1 saturated heterocycles. The molecular formula is C19H25IN2O2. The molecule has 4 nitrogen and oxygen atoms in total. The summed E-state index contributed by atoms with van der Waals surface area (Å²) < 4.78 is -0.615. The van der Waals surface area contributed by atoms with Gasteiger partial charge in [0.25, 0.3) is 5.91 Å². The Morgan fingerprint density at radius 2 is 1.96 bits per heavy atom. The molecule has 2 fully saturated rings. The molecule has 3 rings (SSSR count). The summed E-state index contributed by atoms with van der Waals surface area (Å²) in [6.45, 7) is 9.79. The number of halogens is 1.